The van der Waals surface area contributed by atoms with Crippen molar-refractivity contribution in [3.63, 3.8) is 0 Å². The van der Waals surface area contributed by atoms with E-state index in [1.54, 1.807) is 0 Å². The normalized spacial score (nSPS) is 10.8. The van der Waals surface area contributed by atoms with E-state index >= 15 is 0 Å². The first-order valence-corrected chi connectivity index (χ1v) is 6.94. The van der Waals surface area contributed by atoms with Gasteiger partial charge in [-0.2, -0.15) is 0 Å². The highest BCUT2D eigenvalue weighted by Gasteiger charge is 1.94. The number of nitrogens with zero attached hydrogens (tertiary/aromatic N) is 1. The molecule has 0 unspecified atom stereocenters. The topological polar surface area (TPSA) is 3.24 Å². The minimum absolute atomic E-state index is 1.22. The first-order chi connectivity index (χ1) is 8.65. The van der Waals surface area contributed by atoms with E-state index in [1.165, 1.54) is 20.4 Å². The zero-order chi connectivity index (χ0) is 13.0. The van der Waals surface area contributed by atoms with Crippen molar-refractivity contribution < 1.29 is 0 Å². The molecular formula is C16H16IN. The van der Waals surface area contributed by atoms with Gasteiger partial charge in [-0.25, -0.2) is 0 Å². The van der Waals surface area contributed by atoms with Crippen molar-refractivity contribution in [3.8, 4) is 0 Å². The van der Waals surface area contributed by atoms with E-state index in [9.17, 15) is 0 Å². The average molecular weight is 349 g/mol. The number of rotatable bonds is 3. The predicted molar refractivity (Wildman–Crippen MR) is 88.9 cm³/mol. The van der Waals surface area contributed by atoms with Gasteiger partial charge in [0.25, 0.3) is 0 Å². The maximum atomic E-state index is 2.33. The van der Waals surface area contributed by atoms with Gasteiger partial charge in [0, 0.05) is 23.4 Å². The van der Waals surface area contributed by atoms with Gasteiger partial charge in [0.15, 0.2) is 0 Å². The second-order valence-electron chi connectivity index (χ2n) is 4.37. The third-order valence-electron chi connectivity index (χ3n) is 2.73. The third kappa shape index (κ3) is 3.60. The fourth-order valence-corrected chi connectivity index (χ4v) is 2.25. The van der Waals surface area contributed by atoms with Gasteiger partial charge in [-0.3, -0.25) is 0 Å². The maximum Gasteiger partial charge on any atom is 0.0361 e. The molecule has 0 heterocycles. The molecule has 0 bridgehead atoms. The van der Waals surface area contributed by atoms with Crippen molar-refractivity contribution in [2.24, 2.45) is 0 Å². The van der Waals surface area contributed by atoms with Crippen molar-refractivity contribution in [2.75, 3.05) is 19.0 Å². The van der Waals surface area contributed by atoms with Crippen LogP contribution in [0.25, 0.3) is 12.2 Å². The second kappa shape index (κ2) is 6.05. The molecule has 0 aliphatic rings. The highest BCUT2D eigenvalue weighted by molar-refractivity contribution is 14.1. The zero-order valence-electron chi connectivity index (χ0n) is 10.6. The molecule has 0 radical (unpaired) electrons. The van der Waals surface area contributed by atoms with Crippen molar-refractivity contribution >= 4 is 40.4 Å². The molecule has 0 fully saturated rings. The van der Waals surface area contributed by atoms with Gasteiger partial charge in [-0.05, 0) is 58.0 Å². The fourth-order valence-electron chi connectivity index (χ4n) is 1.69. The van der Waals surface area contributed by atoms with E-state index in [4.69, 9.17) is 0 Å². The van der Waals surface area contributed by atoms with Crippen LogP contribution in [0.4, 0.5) is 5.69 Å². The number of anilines is 1. The summed E-state index contributed by atoms with van der Waals surface area (Å²) in [4.78, 5) is 2.10. The molecule has 0 aliphatic carbocycles. The number of benzene rings is 2. The molecule has 0 atom stereocenters. The van der Waals surface area contributed by atoms with E-state index in [-0.39, 0.29) is 0 Å². The van der Waals surface area contributed by atoms with Gasteiger partial charge in [0.1, 0.15) is 0 Å². The summed E-state index contributed by atoms with van der Waals surface area (Å²) in [6.45, 7) is 0. The van der Waals surface area contributed by atoms with Gasteiger partial charge >= 0.3 is 0 Å². The molecule has 92 valence electrons. The lowest BCUT2D eigenvalue weighted by Crippen LogP contribution is -2.07. The Hall–Kier alpha value is -1.29. The first-order valence-electron chi connectivity index (χ1n) is 5.86. The predicted octanol–water partition coefficient (Wildman–Crippen LogP) is 4.53. The van der Waals surface area contributed by atoms with Crippen LogP contribution >= 0.6 is 22.6 Å². The Morgan fingerprint density at radius 3 is 2.17 bits per heavy atom. The van der Waals surface area contributed by atoms with Gasteiger partial charge in [-0.1, -0.05) is 36.4 Å². The summed E-state index contributed by atoms with van der Waals surface area (Å²) in [6.07, 6.45) is 4.29. The van der Waals surface area contributed by atoms with Crippen LogP contribution in [0, 0.1) is 3.57 Å². The summed E-state index contributed by atoms with van der Waals surface area (Å²) < 4.78 is 1.26. The molecule has 0 N–H and O–H groups in total. The van der Waals surface area contributed by atoms with Crippen molar-refractivity contribution in [1.82, 2.24) is 0 Å². The van der Waals surface area contributed by atoms with E-state index in [0.717, 1.165) is 0 Å². The summed E-state index contributed by atoms with van der Waals surface area (Å²) in [5.74, 6) is 0. The molecule has 0 saturated heterocycles. The van der Waals surface area contributed by atoms with Crippen LogP contribution in [0.3, 0.4) is 0 Å². The van der Waals surface area contributed by atoms with Gasteiger partial charge in [0.05, 0.1) is 0 Å². The third-order valence-corrected chi connectivity index (χ3v) is 3.40. The standard InChI is InChI=1S/C16H16IN/c1-18(2)16-10-8-13(9-11-16)6-7-14-4-3-5-15(17)12-14/h3-12H,1-2H3/b7-6+. The van der Waals surface area contributed by atoms with Crippen LogP contribution in [-0.2, 0) is 0 Å². The van der Waals surface area contributed by atoms with Crippen LogP contribution in [-0.4, -0.2) is 14.1 Å². The van der Waals surface area contributed by atoms with E-state index in [0.29, 0.717) is 0 Å². The smallest absolute Gasteiger partial charge is 0.0361 e. The van der Waals surface area contributed by atoms with Crippen LogP contribution in [0.5, 0.6) is 0 Å². The molecule has 0 aromatic heterocycles. The SMILES string of the molecule is CN(C)c1ccc(/C=C/c2cccc(I)c2)cc1. The molecule has 2 aromatic carbocycles. The minimum atomic E-state index is 1.22. The molecule has 2 rings (SSSR count). The molecule has 0 spiro atoms. The van der Waals surface area contributed by atoms with Crippen molar-refractivity contribution in [1.29, 1.82) is 0 Å². The minimum Gasteiger partial charge on any atom is -0.378 e. The summed E-state index contributed by atoms with van der Waals surface area (Å²) >= 11 is 2.33. The number of hydrogen-bond donors (Lipinski definition) is 0. The van der Waals surface area contributed by atoms with Crippen LogP contribution in [0.15, 0.2) is 48.5 Å². The molecule has 0 aliphatic heterocycles. The van der Waals surface area contributed by atoms with E-state index in [2.05, 4.69) is 102 Å². The van der Waals surface area contributed by atoms with Crippen LogP contribution < -0.4 is 4.90 Å². The fraction of sp³-hybridized carbons (Fsp3) is 0.125. The summed E-state index contributed by atoms with van der Waals surface area (Å²) in [7, 11) is 4.10. The second-order valence-corrected chi connectivity index (χ2v) is 5.62. The quantitative estimate of drug-likeness (QED) is 0.581. The van der Waals surface area contributed by atoms with Crippen LogP contribution in [0.2, 0.25) is 0 Å². The Balaban J connectivity index is 2.14. The lowest BCUT2D eigenvalue weighted by Gasteiger charge is -2.11. The number of hydrogen-bond acceptors (Lipinski definition) is 1. The van der Waals surface area contributed by atoms with Gasteiger partial charge in [0.2, 0.25) is 0 Å². The van der Waals surface area contributed by atoms with Crippen LogP contribution in [0.1, 0.15) is 11.1 Å². The Labute approximate surface area is 122 Å². The summed E-state index contributed by atoms with van der Waals surface area (Å²) in [6, 6.07) is 17.0. The molecule has 0 saturated carbocycles. The highest BCUT2D eigenvalue weighted by atomic mass is 127. The Morgan fingerprint density at radius 2 is 1.56 bits per heavy atom. The lowest BCUT2D eigenvalue weighted by atomic mass is 10.1. The largest absolute Gasteiger partial charge is 0.378 e. The van der Waals surface area contributed by atoms with Gasteiger partial charge in [-0.15, -0.1) is 0 Å². The number of halogens is 1. The average Bonchev–Trinajstić information content (AvgIpc) is 2.37. The summed E-state index contributed by atoms with van der Waals surface area (Å²) in [5, 5.41) is 0. The van der Waals surface area contributed by atoms with Crippen molar-refractivity contribution in [3.05, 3.63) is 63.2 Å². The first kappa shape index (κ1) is 13.1. The monoisotopic (exact) mass is 349 g/mol. The molecule has 1 nitrogen and oxygen atoms in total. The Kier molecular flexibility index (Phi) is 4.42. The highest BCUT2D eigenvalue weighted by Crippen LogP contribution is 2.15. The summed E-state index contributed by atoms with van der Waals surface area (Å²) in [5.41, 5.74) is 3.68. The molecule has 0 amide bonds. The maximum absolute atomic E-state index is 2.33. The van der Waals surface area contributed by atoms with Crippen molar-refractivity contribution in [2.45, 2.75) is 0 Å². The molecule has 2 heteroatoms. The Bertz CT molecular complexity index is 541. The zero-order valence-corrected chi connectivity index (χ0v) is 12.8. The molecule has 18 heavy (non-hydrogen) atoms. The Morgan fingerprint density at radius 1 is 0.889 bits per heavy atom. The lowest BCUT2D eigenvalue weighted by molar-refractivity contribution is 1.13. The van der Waals surface area contributed by atoms with Gasteiger partial charge < -0.3 is 4.90 Å². The van der Waals surface area contributed by atoms with E-state index in [1.807, 2.05) is 0 Å². The molecular weight excluding hydrogens is 333 g/mol. The molecule has 2 aromatic rings. The van der Waals surface area contributed by atoms with E-state index < -0.39 is 0 Å².